The summed E-state index contributed by atoms with van der Waals surface area (Å²) in [7, 11) is 0. The van der Waals surface area contributed by atoms with Crippen molar-refractivity contribution in [3.63, 3.8) is 0 Å². The van der Waals surface area contributed by atoms with Crippen LogP contribution in [0.2, 0.25) is 0 Å². The molecule has 0 aliphatic carbocycles. The van der Waals surface area contributed by atoms with Gasteiger partial charge in [-0.1, -0.05) is 6.07 Å². The summed E-state index contributed by atoms with van der Waals surface area (Å²) in [6.45, 7) is 0. The van der Waals surface area contributed by atoms with Crippen molar-refractivity contribution >= 4 is 22.7 Å². The first-order chi connectivity index (χ1) is 8.00. The van der Waals surface area contributed by atoms with Crippen molar-refractivity contribution in [3.8, 4) is 5.75 Å². The van der Waals surface area contributed by atoms with Gasteiger partial charge in [0, 0.05) is 0 Å². The predicted octanol–water partition coefficient (Wildman–Crippen LogP) is 1.94. The van der Waals surface area contributed by atoms with Crippen LogP contribution in [0.3, 0.4) is 0 Å². The second kappa shape index (κ2) is 3.79. The van der Waals surface area contributed by atoms with E-state index in [1.807, 2.05) is 0 Å². The Morgan fingerprint density at radius 3 is 2.24 bits per heavy atom. The van der Waals surface area contributed by atoms with Crippen molar-refractivity contribution in [2.45, 2.75) is 0 Å². The van der Waals surface area contributed by atoms with Crippen LogP contribution >= 0.6 is 0 Å². The molecule has 2 aromatic rings. The number of carboxylic acid groups (broad SMARTS) is 2. The number of phenolic OH excluding ortho intramolecular Hbond substituents is 1. The van der Waals surface area contributed by atoms with Gasteiger partial charge in [-0.3, -0.25) is 0 Å². The minimum atomic E-state index is -1.31. The van der Waals surface area contributed by atoms with Crippen LogP contribution in [0.4, 0.5) is 0 Å². The minimum absolute atomic E-state index is 0.00286. The van der Waals surface area contributed by atoms with Crippen LogP contribution in [0.25, 0.3) is 10.8 Å². The fourth-order valence-electron chi connectivity index (χ4n) is 1.73. The average molecular weight is 232 g/mol. The maximum Gasteiger partial charge on any atom is 0.337 e. The third kappa shape index (κ3) is 1.78. The van der Waals surface area contributed by atoms with E-state index in [1.54, 1.807) is 0 Å². The van der Waals surface area contributed by atoms with Gasteiger partial charge in [-0.2, -0.15) is 0 Å². The van der Waals surface area contributed by atoms with Gasteiger partial charge in [-0.05, 0) is 35.0 Å². The van der Waals surface area contributed by atoms with Crippen LogP contribution in [-0.2, 0) is 0 Å². The molecule has 0 saturated carbocycles. The third-order valence-electron chi connectivity index (χ3n) is 2.45. The molecule has 0 unspecified atom stereocenters. The standard InChI is InChI=1S/C12H8O5/c13-7-2-4-8-6(5-7)1-3-9(11(14)15)10(8)12(16)17/h1-5,13H,(H,14,15)(H,16,17). The monoisotopic (exact) mass is 232 g/mol. The molecule has 2 rings (SSSR count). The van der Waals surface area contributed by atoms with Crippen LogP contribution in [0.15, 0.2) is 30.3 Å². The van der Waals surface area contributed by atoms with E-state index >= 15 is 0 Å². The quantitative estimate of drug-likeness (QED) is 0.735. The molecule has 0 atom stereocenters. The number of carbonyl (C=O) groups is 2. The minimum Gasteiger partial charge on any atom is -0.508 e. The van der Waals surface area contributed by atoms with Crippen LogP contribution in [0.1, 0.15) is 20.7 Å². The Bertz CT molecular complexity index is 630. The molecule has 2 aromatic carbocycles. The summed E-state index contributed by atoms with van der Waals surface area (Å²) in [6.07, 6.45) is 0. The van der Waals surface area contributed by atoms with Gasteiger partial charge < -0.3 is 15.3 Å². The van der Waals surface area contributed by atoms with Crippen LogP contribution < -0.4 is 0 Å². The first kappa shape index (κ1) is 10.9. The molecule has 0 aliphatic heterocycles. The number of phenols is 1. The highest BCUT2D eigenvalue weighted by Gasteiger charge is 2.18. The smallest absolute Gasteiger partial charge is 0.337 e. The zero-order chi connectivity index (χ0) is 12.6. The molecule has 0 amide bonds. The highest BCUT2D eigenvalue weighted by atomic mass is 16.4. The summed E-state index contributed by atoms with van der Waals surface area (Å²) >= 11 is 0. The lowest BCUT2D eigenvalue weighted by Gasteiger charge is -2.06. The molecule has 0 aliphatic rings. The first-order valence-corrected chi connectivity index (χ1v) is 4.73. The zero-order valence-corrected chi connectivity index (χ0v) is 8.54. The lowest BCUT2D eigenvalue weighted by molar-refractivity contribution is 0.0653. The summed E-state index contributed by atoms with van der Waals surface area (Å²) in [5.41, 5.74) is -0.536. The van der Waals surface area contributed by atoms with Crippen LogP contribution in [0, 0.1) is 0 Å². The van der Waals surface area contributed by atoms with E-state index in [2.05, 4.69) is 0 Å². The SMILES string of the molecule is O=C(O)c1ccc2cc(O)ccc2c1C(=O)O. The number of hydrogen-bond donors (Lipinski definition) is 3. The molecular weight excluding hydrogens is 224 g/mol. The van der Waals surface area contributed by atoms with Gasteiger partial charge in [0.25, 0.3) is 0 Å². The third-order valence-corrected chi connectivity index (χ3v) is 2.45. The van der Waals surface area contributed by atoms with Gasteiger partial charge in [-0.25, -0.2) is 9.59 Å². The van der Waals surface area contributed by atoms with Crippen molar-refractivity contribution in [3.05, 3.63) is 41.5 Å². The van der Waals surface area contributed by atoms with Crippen molar-refractivity contribution in [1.82, 2.24) is 0 Å². The lowest BCUT2D eigenvalue weighted by Crippen LogP contribution is -2.08. The summed E-state index contributed by atoms with van der Waals surface area (Å²) in [5, 5.41) is 28.0. The summed E-state index contributed by atoms with van der Waals surface area (Å²) < 4.78 is 0. The number of rotatable bonds is 2. The van der Waals surface area contributed by atoms with E-state index in [4.69, 9.17) is 10.2 Å². The van der Waals surface area contributed by atoms with E-state index < -0.39 is 11.9 Å². The van der Waals surface area contributed by atoms with E-state index in [0.717, 1.165) is 0 Å². The number of fused-ring (bicyclic) bond motifs is 1. The predicted molar refractivity (Wildman–Crippen MR) is 59.5 cm³/mol. The molecule has 5 nitrogen and oxygen atoms in total. The van der Waals surface area contributed by atoms with E-state index in [0.29, 0.717) is 5.39 Å². The Morgan fingerprint density at radius 1 is 0.941 bits per heavy atom. The summed E-state index contributed by atoms with van der Waals surface area (Å²) in [4.78, 5) is 22.0. The molecule has 86 valence electrons. The molecule has 0 bridgehead atoms. The highest BCUT2D eigenvalue weighted by Crippen LogP contribution is 2.26. The van der Waals surface area contributed by atoms with Crippen LogP contribution in [-0.4, -0.2) is 27.3 Å². The van der Waals surface area contributed by atoms with E-state index in [9.17, 15) is 14.7 Å². The van der Waals surface area contributed by atoms with Crippen molar-refractivity contribution in [2.75, 3.05) is 0 Å². The van der Waals surface area contributed by atoms with Crippen LogP contribution in [0.5, 0.6) is 5.75 Å². The molecule has 17 heavy (non-hydrogen) atoms. The first-order valence-electron chi connectivity index (χ1n) is 4.73. The summed E-state index contributed by atoms with van der Waals surface area (Å²) in [5.74, 6) is -2.60. The zero-order valence-electron chi connectivity index (χ0n) is 8.54. The van der Waals surface area contributed by atoms with E-state index in [1.165, 1.54) is 30.3 Å². The number of hydrogen-bond acceptors (Lipinski definition) is 3. The molecular formula is C12H8O5. The Balaban J connectivity index is 2.89. The molecule has 0 radical (unpaired) electrons. The van der Waals surface area contributed by atoms with E-state index in [-0.39, 0.29) is 22.3 Å². The Hall–Kier alpha value is -2.56. The second-order valence-corrected chi connectivity index (χ2v) is 3.50. The van der Waals surface area contributed by atoms with Crippen molar-refractivity contribution in [1.29, 1.82) is 0 Å². The van der Waals surface area contributed by atoms with Gasteiger partial charge in [0.2, 0.25) is 0 Å². The van der Waals surface area contributed by atoms with Gasteiger partial charge in [0.1, 0.15) is 5.75 Å². The fraction of sp³-hybridized carbons (Fsp3) is 0. The number of aromatic carboxylic acids is 2. The molecule has 0 spiro atoms. The molecule has 0 saturated heterocycles. The Morgan fingerprint density at radius 2 is 1.65 bits per heavy atom. The van der Waals surface area contributed by atoms with Gasteiger partial charge in [0.15, 0.2) is 0 Å². The molecule has 3 N–H and O–H groups in total. The molecule has 0 heterocycles. The second-order valence-electron chi connectivity index (χ2n) is 3.50. The number of carboxylic acids is 2. The fourth-order valence-corrected chi connectivity index (χ4v) is 1.73. The normalized spacial score (nSPS) is 10.4. The summed E-state index contributed by atoms with van der Waals surface area (Å²) in [6, 6.07) is 6.77. The number of benzene rings is 2. The molecule has 0 fully saturated rings. The van der Waals surface area contributed by atoms with Crippen molar-refractivity contribution < 1.29 is 24.9 Å². The topological polar surface area (TPSA) is 94.8 Å². The van der Waals surface area contributed by atoms with Gasteiger partial charge >= 0.3 is 11.9 Å². The Kier molecular flexibility index (Phi) is 2.44. The molecule has 0 aromatic heterocycles. The lowest BCUT2D eigenvalue weighted by atomic mass is 9.99. The maximum absolute atomic E-state index is 11.1. The maximum atomic E-state index is 11.1. The number of aromatic hydroxyl groups is 1. The largest absolute Gasteiger partial charge is 0.508 e. The van der Waals surface area contributed by atoms with Gasteiger partial charge in [0.05, 0.1) is 11.1 Å². The molecule has 5 heteroatoms. The Labute approximate surface area is 95.5 Å². The van der Waals surface area contributed by atoms with Gasteiger partial charge in [-0.15, -0.1) is 0 Å². The highest BCUT2D eigenvalue weighted by molar-refractivity contribution is 6.11. The average Bonchev–Trinajstić information content (AvgIpc) is 2.26. The van der Waals surface area contributed by atoms with Crippen molar-refractivity contribution in [2.24, 2.45) is 0 Å².